The fourth-order valence-corrected chi connectivity index (χ4v) is 3.14. The Kier molecular flexibility index (Phi) is 37.2. The minimum Gasteiger partial charge on any atom is -0.379 e. The van der Waals surface area contributed by atoms with Gasteiger partial charge in [0.1, 0.15) is 0 Å². The molecule has 0 radical (unpaired) electrons. The molecular formula is C29H60O10. The van der Waals surface area contributed by atoms with Crippen molar-refractivity contribution in [3.63, 3.8) is 0 Å². The van der Waals surface area contributed by atoms with Crippen molar-refractivity contribution >= 4 is 0 Å². The van der Waals surface area contributed by atoms with Crippen LogP contribution in [0, 0.1) is 0 Å². The Morgan fingerprint density at radius 2 is 0.410 bits per heavy atom. The Morgan fingerprint density at radius 1 is 0.205 bits per heavy atom. The number of ether oxygens (including phenoxy) is 10. The first kappa shape index (κ1) is 38.6. The van der Waals surface area contributed by atoms with Gasteiger partial charge in [0.05, 0.1) is 119 Å². The third-order valence-corrected chi connectivity index (χ3v) is 5.38. The molecule has 0 aromatic heterocycles. The zero-order valence-electron chi connectivity index (χ0n) is 25.2. The Balaban J connectivity index is 3.01. The van der Waals surface area contributed by atoms with E-state index in [1.54, 1.807) is 0 Å². The van der Waals surface area contributed by atoms with Crippen LogP contribution in [-0.2, 0) is 47.4 Å². The zero-order chi connectivity index (χ0) is 28.2. The summed E-state index contributed by atoms with van der Waals surface area (Å²) in [7, 11) is 0. The second-order valence-corrected chi connectivity index (χ2v) is 8.89. The molecule has 0 aliphatic rings. The van der Waals surface area contributed by atoms with E-state index in [-0.39, 0.29) is 0 Å². The topological polar surface area (TPSA) is 92.3 Å². The first-order valence-electron chi connectivity index (χ1n) is 15.2. The molecule has 10 nitrogen and oxygen atoms in total. The summed E-state index contributed by atoms with van der Waals surface area (Å²) in [6, 6.07) is 0. The highest BCUT2D eigenvalue weighted by atomic mass is 16.6. The molecule has 39 heavy (non-hydrogen) atoms. The van der Waals surface area contributed by atoms with Crippen LogP contribution in [0.2, 0.25) is 0 Å². The Labute approximate surface area is 238 Å². The highest BCUT2D eigenvalue weighted by Crippen LogP contribution is 2.02. The van der Waals surface area contributed by atoms with Gasteiger partial charge in [-0.15, -0.1) is 0 Å². The summed E-state index contributed by atoms with van der Waals surface area (Å²) in [4.78, 5) is 0. The molecule has 236 valence electrons. The van der Waals surface area contributed by atoms with Gasteiger partial charge < -0.3 is 47.4 Å². The van der Waals surface area contributed by atoms with Crippen LogP contribution < -0.4 is 0 Å². The SMILES string of the molecule is CCCCCCCOCCOCCOCCOCCOCCOCCOCCOCCOCCOCCCC. The monoisotopic (exact) mass is 568 g/mol. The molecule has 0 bridgehead atoms. The third-order valence-electron chi connectivity index (χ3n) is 5.38. The third kappa shape index (κ3) is 37.6. The second kappa shape index (κ2) is 37.6. The largest absolute Gasteiger partial charge is 0.379 e. The second-order valence-electron chi connectivity index (χ2n) is 8.89. The molecule has 0 aliphatic carbocycles. The molecule has 0 aromatic rings. The van der Waals surface area contributed by atoms with Gasteiger partial charge in [0, 0.05) is 13.2 Å². The van der Waals surface area contributed by atoms with E-state index in [4.69, 9.17) is 47.4 Å². The summed E-state index contributed by atoms with van der Waals surface area (Å²) < 4.78 is 54.7. The molecule has 0 spiro atoms. The lowest BCUT2D eigenvalue weighted by Crippen LogP contribution is -2.15. The van der Waals surface area contributed by atoms with Gasteiger partial charge in [0.15, 0.2) is 0 Å². The van der Waals surface area contributed by atoms with E-state index in [0.29, 0.717) is 119 Å². The number of hydrogen-bond donors (Lipinski definition) is 0. The number of rotatable bonds is 36. The van der Waals surface area contributed by atoms with Gasteiger partial charge in [-0.3, -0.25) is 0 Å². The molecule has 0 heterocycles. The molecule has 0 N–H and O–H groups in total. The van der Waals surface area contributed by atoms with Gasteiger partial charge in [0.2, 0.25) is 0 Å². The smallest absolute Gasteiger partial charge is 0.0701 e. The lowest BCUT2D eigenvalue weighted by Gasteiger charge is -2.09. The normalized spacial score (nSPS) is 11.5. The first-order chi connectivity index (χ1) is 19.4. The molecule has 0 saturated heterocycles. The minimum atomic E-state index is 0.534. The van der Waals surface area contributed by atoms with E-state index in [1.807, 2.05) is 0 Å². The first-order valence-corrected chi connectivity index (χ1v) is 15.2. The van der Waals surface area contributed by atoms with Crippen molar-refractivity contribution in [1.29, 1.82) is 0 Å². The van der Waals surface area contributed by atoms with Crippen LogP contribution in [0.25, 0.3) is 0 Å². The zero-order valence-corrected chi connectivity index (χ0v) is 25.2. The van der Waals surface area contributed by atoms with Crippen molar-refractivity contribution in [2.45, 2.75) is 58.8 Å². The van der Waals surface area contributed by atoms with Gasteiger partial charge in [-0.05, 0) is 12.8 Å². The average Bonchev–Trinajstić information content (AvgIpc) is 2.95. The summed E-state index contributed by atoms with van der Waals surface area (Å²) in [6.45, 7) is 16.2. The Morgan fingerprint density at radius 3 is 0.667 bits per heavy atom. The van der Waals surface area contributed by atoms with Gasteiger partial charge in [0.25, 0.3) is 0 Å². The predicted molar refractivity (Wildman–Crippen MR) is 152 cm³/mol. The van der Waals surface area contributed by atoms with Gasteiger partial charge in [-0.1, -0.05) is 46.0 Å². The maximum Gasteiger partial charge on any atom is 0.0701 e. The quantitative estimate of drug-likeness (QED) is 0.104. The maximum absolute atomic E-state index is 5.55. The van der Waals surface area contributed by atoms with E-state index in [2.05, 4.69) is 13.8 Å². The standard InChI is InChI=1S/C29H60O10/c1-3-5-7-8-9-11-31-13-15-33-17-19-35-21-23-37-25-27-39-29-28-38-26-24-36-22-20-34-18-16-32-14-12-30-10-6-4-2/h3-29H2,1-2H3. The van der Waals surface area contributed by atoms with Crippen LogP contribution in [0.4, 0.5) is 0 Å². The summed E-state index contributed by atoms with van der Waals surface area (Å²) in [5.41, 5.74) is 0. The number of unbranched alkanes of at least 4 members (excludes halogenated alkanes) is 5. The van der Waals surface area contributed by atoms with E-state index in [9.17, 15) is 0 Å². The molecule has 0 unspecified atom stereocenters. The highest BCUT2D eigenvalue weighted by Gasteiger charge is 1.96. The highest BCUT2D eigenvalue weighted by molar-refractivity contribution is 4.42. The number of hydrogen-bond acceptors (Lipinski definition) is 10. The van der Waals surface area contributed by atoms with Crippen LogP contribution in [0.3, 0.4) is 0 Å². The Hall–Kier alpha value is -0.400. The van der Waals surface area contributed by atoms with Crippen molar-refractivity contribution in [2.75, 3.05) is 132 Å². The lowest BCUT2D eigenvalue weighted by molar-refractivity contribution is -0.0264. The van der Waals surface area contributed by atoms with E-state index in [1.165, 1.54) is 25.7 Å². The molecule has 0 aromatic carbocycles. The molecule has 10 heteroatoms. The molecule has 0 rings (SSSR count). The van der Waals surface area contributed by atoms with Crippen LogP contribution >= 0.6 is 0 Å². The summed E-state index contributed by atoms with van der Waals surface area (Å²) >= 11 is 0. The molecule has 0 fully saturated rings. The van der Waals surface area contributed by atoms with Crippen molar-refractivity contribution < 1.29 is 47.4 Å². The Bertz CT molecular complexity index is 382. The van der Waals surface area contributed by atoms with Crippen molar-refractivity contribution in [3.8, 4) is 0 Å². The maximum atomic E-state index is 5.55. The molecular weight excluding hydrogens is 508 g/mol. The van der Waals surface area contributed by atoms with Gasteiger partial charge in [-0.2, -0.15) is 0 Å². The average molecular weight is 569 g/mol. The van der Waals surface area contributed by atoms with E-state index >= 15 is 0 Å². The van der Waals surface area contributed by atoms with E-state index in [0.717, 1.165) is 32.5 Å². The van der Waals surface area contributed by atoms with E-state index < -0.39 is 0 Å². The van der Waals surface area contributed by atoms with Crippen LogP contribution in [0.1, 0.15) is 58.8 Å². The van der Waals surface area contributed by atoms with Gasteiger partial charge >= 0.3 is 0 Å². The van der Waals surface area contributed by atoms with Crippen LogP contribution in [0.5, 0.6) is 0 Å². The minimum absolute atomic E-state index is 0.534. The summed E-state index contributed by atoms with van der Waals surface area (Å²) in [5, 5.41) is 0. The molecule has 0 amide bonds. The van der Waals surface area contributed by atoms with Gasteiger partial charge in [-0.25, -0.2) is 0 Å². The van der Waals surface area contributed by atoms with Crippen LogP contribution in [0.15, 0.2) is 0 Å². The fraction of sp³-hybridized carbons (Fsp3) is 1.00. The molecule has 0 saturated carbocycles. The molecule has 0 aliphatic heterocycles. The van der Waals surface area contributed by atoms with Crippen LogP contribution in [-0.4, -0.2) is 132 Å². The van der Waals surface area contributed by atoms with Crippen molar-refractivity contribution in [2.24, 2.45) is 0 Å². The lowest BCUT2D eigenvalue weighted by atomic mass is 10.2. The predicted octanol–water partition coefficient (Wildman–Crippen LogP) is 3.92. The molecule has 0 atom stereocenters. The van der Waals surface area contributed by atoms with Crippen molar-refractivity contribution in [3.05, 3.63) is 0 Å². The van der Waals surface area contributed by atoms with Crippen molar-refractivity contribution in [1.82, 2.24) is 0 Å². The fourth-order valence-electron chi connectivity index (χ4n) is 3.14. The summed E-state index contributed by atoms with van der Waals surface area (Å²) in [6.07, 6.45) is 8.55. The summed E-state index contributed by atoms with van der Waals surface area (Å²) in [5.74, 6) is 0.